The Morgan fingerprint density at radius 1 is 0.636 bits per heavy atom. The molecule has 4 N–H and O–H groups in total. The molecule has 0 aliphatic carbocycles. The maximum Gasteiger partial charge on any atom is 0.303 e. The number of ether oxygens (including phenoxy) is 2. The van der Waals surface area contributed by atoms with Crippen molar-refractivity contribution in [2.45, 2.75) is 45.8 Å². The molecule has 0 atom stereocenters. The van der Waals surface area contributed by atoms with Crippen molar-refractivity contribution in [2.75, 3.05) is 5.73 Å². The van der Waals surface area contributed by atoms with Gasteiger partial charge < -0.3 is 25.4 Å². The van der Waals surface area contributed by atoms with Crippen LogP contribution in [0.5, 0.6) is 11.5 Å². The number of carboxylic acids is 2. The Morgan fingerprint density at radius 3 is 1.43 bits per heavy atom. The van der Waals surface area contributed by atoms with E-state index in [9.17, 15) is 9.59 Å². The van der Waals surface area contributed by atoms with Crippen LogP contribution >= 0.6 is 63.7 Å². The van der Waals surface area contributed by atoms with Gasteiger partial charge in [-0.1, -0.05) is 42.0 Å². The Balaban J connectivity index is 0.000000240. The number of nitrogens with two attached hydrogens (primary N) is 1. The molecule has 4 aromatic carbocycles. The van der Waals surface area contributed by atoms with E-state index in [2.05, 4.69) is 69.8 Å². The zero-order valence-corrected chi connectivity index (χ0v) is 30.1. The molecule has 0 amide bonds. The SMILES string of the molecule is Cc1cccc(COc2c(Br)cc(CCC(=O)O)cc2Br)c1.Nc1cccc(COc2c(Br)cc(CCC(=O)O)cc2Br)c1. The molecule has 0 unspecified atom stereocenters. The van der Waals surface area contributed by atoms with Crippen molar-refractivity contribution in [3.8, 4) is 11.5 Å². The zero-order valence-electron chi connectivity index (χ0n) is 23.8. The summed E-state index contributed by atoms with van der Waals surface area (Å²) >= 11 is 13.9. The van der Waals surface area contributed by atoms with Crippen molar-refractivity contribution in [2.24, 2.45) is 0 Å². The molecular weight excluding hydrogens is 826 g/mol. The lowest BCUT2D eigenvalue weighted by atomic mass is 10.1. The average Bonchev–Trinajstić information content (AvgIpc) is 2.94. The summed E-state index contributed by atoms with van der Waals surface area (Å²) in [4.78, 5) is 21.3. The largest absolute Gasteiger partial charge is 0.487 e. The fourth-order valence-corrected chi connectivity index (χ4v) is 7.11. The van der Waals surface area contributed by atoms with Gasteiger partial charge in [0, 0.05) is 18.5 Å². The molecule has 0 fully saturated rings. The van der Waals surface area contributed by atoms with Crippen LogP contribution in [0.2, 0.25) is 0 Å². The Morgan fingerprint density at radius 2 is 1.05 bits per heavy atom. The van der Waals surface area contributed by atoms with E-state index in [1.54, 1.807) is 0 Å². The van der Waals surface area contributed by atoms with Crippen LogP contribution in [-0.2, 0) is 35.6 Å². The van der Waals surface area contributed by atoms with Crippen LogP contribution in [0.1, 0.15) is 40.7 Å². The molecule has 11 heteroatoms. The monoisotopic (exact) mass is 853 g/mol. The molecule has 232 valence electrons. The Kier molecular flexibility index (Phi) is 14.2. The van der Waals surface area contributed by atoms with E-state index in [4.69, 9.17) is 25.4 Å². The third-order valence-electron chi connectivity index (χ3n) is 6.17. The normalized spacial score (nSPS) is 10.5. The second-order valence-electron chi connectivity index (χ2n) is 9.88. The Labute approximate surface area is 290 Å². The number of nitrogen functional groups attached to an aromatic ring is 1. The van der Waals surface area contributed by atoms with Gasteiger partial charge in [-0.05, 0) is 142 Å². The van der Waals surface area contributed by atoms with Crippen LogP contribution in [0.15, 0.2) is 90.7 Å². The lowest BCUT2D eigenvalue weighted by Gasteiger charge is -2.12. The van der Waals surface area contributed by atoms with Crippen molar-refractivity contribution in [3.63, 3.8) is 0 Å². The maximum atomic E-state index is 10.6. The first-order chi connectivity index (χ1) is 20.9. The van der Waals surface area contributed by atoms with Gasteiger partial charge in [0.05, 0.1) is 17.9 Å². The van der Waals surface area contributed by atoms with E-state index >= 15 is 0 Å². The van der Waals surface area contributed by atoms with Gasteiger partial charge in [-0.2, -0.15) is 0 Å². The Bertz CT molecular complexity index is 1450. The van der Waals surface area contributed by atoms with Crippen LogP contribution in [-0.4, -0.2) is 22.2 Å². The van der Waals surface area contributed by atoms with Crippen LogP contribution < -0.4 is 15.2 Å². The molecule has 0 heterocycles. The topological polar surface area (TPSA) is 119 Å². The highest BCUT2D eigenvalue weighted by Crippen LogP contribution is 2.37. The van der Waals surface area contributed by atoms with Crippen molar-refractivity contribution in [1.29, 1.82) is 0 Å². The van der Waals surface area contributed by atoms with E-state index in [1.807, 2.05) is 73.7 Å². The second kappa shape index (κ2) is 17.6. The summed E-state index contributed by atoms with van der Waals surface area (Å²) in [7, 11) is 0. The molecule has 0 aliphatic heterocycles. The summed E-state index contributed by atoms with van der Waals surface area (Å²) in [5.41, 5.74) is 11.6. The van der Waals surface area contributed by atoms with Gasteiger partial charge in [0.2, 0.25) is 0 Å². The van der Waals surface area contributed by atoms with Crippen LogP contribution in [0.3, 0.4) is 0 Å². The lowest BCUT2D eigenvalue weighted by Crippen LogP contribution is -2.00. The van der Waals surface area contributed by atoms with Gasteiger partial charge in [-0.15, -0.1) is 0 Å². The number of halogens is 4. The second-order valence-corrected chi connectivity index (χ2v) is 13.3. The van der Waals surface area contributed by atoms with E-state index in [0.717, 1.165) is 45.9 Å². The highest BCUT2D eigenvalue weighted by atomic mass is 79.9. The number of aryl methyl sites for hydroxylation is 3. The van der Waals surface area contributed by atoms with E-state index < -0.39 is 11.9 Å². The van der Waals surface area contributed by atoms with E-state index in [0.29, 0.717) is 37.5 Å². The van der Waals surface area contributed by atoms with Crippen LogP contribution in [0, 0.1) is 6.92 Å². The average molecular weight is 857 g/mol. The van der Waals surface area contributed by atoms with Crippen molar-refractivity contribution in [3.05, 3.63) is 119 Å². The molecule has 0 aromatic heterocycles. The third kappa shape index (κ3) is 11.9. The predicted molar refractivity (Wildman–Crippen MR) is 186 cm³/mol. The van der Waals surface area contributed by atoms with Gasteiger partial charge in [0.1, 0.15) is 24.7 Å². The van der Waals surface area contributed by atoms with Crippen LogP contribution in [0.4, 0.5) is 5.69 Å². The summed E-state index contributed by atoms with van der Waals surface area (Å²) in [5.74, 6) is -0.205. The molecule has 4 rings (SSSR count). The van der Waals surface area contributed by atoms with Gasteiger partial charge in [-0.3, -0.25) is 9.59 Å². The molecule has 0 saturated carbocycles. The fourth-order valence-electron chi connectivity index (χ4n) is 4.09. The van der Waals surface area contributed by atoms with Gasteiger partial charge in [0.15, 0.2) is 0 Å². The molecular formula is C33H31Br4NO6. The van der Waals surface area contributed by atoms with Crippen molar-refractivity contribution >= 4 is 81.3 Å². The molecule has 7 nitrogen and oxygen atoms in total. The molecule has 0 aliphatic rings. The highest BCUT2D eigenvalue weighted by molar-refractivity contribution is 9.11. The summed E-state index contributed by atoms with van der Waals surface area (Å²) in [6.07, 6.45) is 1.18. The molecule has 0 saturated heterocycles. The van der Waals surface area contributed by atoms with Gasteiger partial charge in [-0.25, -0.2) is 0 Å². The van der Waals surface area contributed by atoms with Gasteiger partial charge >= 0.3 is 11.9 Å². The third-order valence-corrected chi connectivity index (χ3v) is 8.53. The summed E-state index contributed by atoms with van der Waals surface area (Å²) in [5, 5.41) is 17.5. The van der Waals surface area contributed by atoms with E-state index in [-0.39, 0.29) is 12.8 Å². The maximum absolute atomic E-state index is 10.6. The molecule has 44 heavy (non-hydrogen) atoms. The Hall–Kier alpha value is -2.86. The minimum atomic E-state index is -0.811. The molecule has 0 radical (unpaired) electrons. The number of carboxylic acid groups (broad SMARTS) is 2. The van der Waals surface area contributed by atoms with E-state index in [1.165, 1.54) is 5.56 Å². The fraction of sp³-hybridized carbons (Fsp3) is 0.212. The number of carbonyl (C=O) groups is 2. The molecule has 0 bridgehead atoms. The predicted octanol–water partition coefficient (Wildman–Crippen LogP) is 9.51. The first-order valence-corrected chi connectivity index (χ1v) is 16.6. The number of anilines is 1. The summed E-state index contributed by atoms with van der Waals surface area (Å²) < 4.78 is 14.9. The minimum absolute atomic E-state index is 0.0996. The lowest BCUT2D eigenvalue weighted by molar-refractivity contribution is -0.138. The highest BCUT2D eigenvalue weighted by Gasteiger charge is 2.12. The quantitative estimate of drug-likeness (QED) is 0.122. The summed E-state index contributed by atoms with van der Waals surface area (Å²) in [6, 6.07) is 23.2. The smallest absolute Gasteiger partial charge is 0.303 e. The van der Waals surface area contributed by atoms with Crippen molar-refractivity contribution in [1.82, 2.24) is 0 Å². The number of hydrogen-bond acceptors (Lipinski definition) is 5. The molecule has 4 aromatic rings. The number of hydrogen-bond donors (Lipinski definition) is 3. The molecule has 0 spiro atoms. The summed E-state index contributed by atoms with van der Waals surface area (Å²) in [6.45, 7) is 2.93. The standard InChI is InChI=1S/C17H16Br2O3.C16H15Br2NO3/c1-11-3-2-4-13(7-11)10-22-17-14(18)8-12(9-15(17)19)5-6-16(20)21;17-13-7-10(4-5-15(20)21)8-14(18)16(13)22-9-11-2-1-3-12(19)6-11/h2-4,7-9H,5-6,10H2,1H3,(H,20,21);1-3,6-8H,4-5,9,19H2,(H,20,21). The minimum Gasteiger partial charge on any atom is -0.487 e. The first kappa shape index (κ1) is 35.6. The number of aliphatic carboxylic acids is 2. The van der Waals surface area contributed by atoms with Gasteiger partial charge in [0.25, 0.3) is 0 Å². The number of rotatable bonds is 12. The zero-order chi connectivity index (χ0) is 32.2. The number of benzene rings is 4. The van der Waals surface area contributed by atoms with Crippen LogP contribution in [0.25, 0.3) is 0 Å². The van der Waals surface area contributed by atoms with Crippen molar-refractivity contribution < 1.29 is 29.3 Å². The first-order valence-electron chi connectivity index (χ1n) is 13.5.